The summed E-state index contributed by atoms with van der Waals surface area (Å²) in [5.41, 5.74) is 2.21. The van der Waals surface area contributed by atoms with Crippen molar-refractivity contribution in [1.29, 1.82) is 0 Å². The first-order valence-corrected chi connectivity index (χ1v) is 8.63. The van der Waals surface area contributed by atoms with Crippen molar-refractivity contribution in [3.63, 3.8) is 0 Å². The summed E-state index contributed by atoms with van der Waals surface area (Å²) >= 11 is 13.0. The van der Waals surface area contributed by atoms with E-state index in [9.17, 15) is 4.79 Å². The lowest BCUT2D eigenvalue weighted by Crippen LogP contribution is -2.27. The molecule has 4 nitrogen and oxygen atoms in total. The van der Waals surface area contributed by atoms with Gasteiger partial charge in [-0.2, -0.15) is 0 Å². The molecule has 0 unspecified atom stereocenters. The summed E-state index contributed by atoms with van der Waals surface area (Å²) in [6.07, 6.45) is 0.224. The van der Waals surface area contributed by atoms with Gasteiger partial charge in [0.1, 0.15) is 0 Å². The van der Waals surface area contributed by atoms with E-state index in [4.69, 9.17) is 27.8 Å². The van der Waals surface area contributed by atoms with Crippen LogP contribution in [-0.2, 0) is 11.2 Å². The minimum Gasteiger partial charge on any atom is -0.355 e. The van der Waals surface area contributed by atoms with Gasteiger partial charge in [-0.05, 0) is 35.8 Å². The first-order chi connectivity index (χ1) is 11.1. The van der Waals surface area contributed by atoms with Crippen molar-refractivity contribution >= 4 is 52.5 Å². The van der Waals surface area contributed by atoms with Crippen LogP contribution >= 0.6 is 35.2 Å². The normalized spacial score (nSPS) is 10.4. The number of carbonyl (C=O) groups excluding carboxylic acids is 1. The molecule has 0 heterocycles. The number of benzene rings is 2. The highest BCUT2D eigenvalue weighted by atomic mass is 35.5. The molecule has 0 fully saturated rings. The van der Waals surface area contributed by atoms with Gasteiger partial charge in [0.15, 0.2) is 0 Å². The predicted octanol–water partition coefficient (Wildman–Crippen LogP) is 4.60. The Kier molecular flexibility index (Phi) is 7.05. The van der Waals surface area contributed by atoms with E-state index < -0.39 is 0 Å². The molecule has 23 heavy (non-hydrogen) atoms. The summed E-state index contributed by atoms with van der Waals surface area (Å²) in [5, 5.41) is 6.96. The molecule has 0 saturated heterocycles. The largest absolute Gasteiger partial charge is 0.355 e. The SMILES string of the molecule is O=C(Cc1ccccc1Nc1c(Cl)cccc1Cl)NCCSO. The van der Waals surface area contributed by atoms with Crippen molar-refractivity contribution in [2.24, 2.45) is 0 Å². The number of amides is 1. The average molecular weight is 371 g/mol. The van der Waals surface area contributed by atoms with Gasteiger partial charge >= 0.3 is 0 Å². The summed E-state index contributed by atoms with van der Waals surface area (Å²) in [4.78, 5) is 11.9. The molecule has 0 bridgehead atoms. The first kappa shape index (κ1) is 17.9. The van der Waals surface area contributed by atoms with Crippen LogP contribution in [0.3, 0.4) is 0 Å². The zero-order valence-corrected chi connectivity index (χ0v) is 14.5. The van der Waals surface area contributed by atoms with Crippen LogP contribution in [0.1, 0.15) is 5.56 Å². The first-order valence-electron chi connectivity index (χ1n) is 6.94. The fourth-order valence-electron chi connectivity index (χ4n) is 2.02. The summed E-state index contributed by atoms with van der Waals surface area (Å²) in [6, 6.07) is 12.7. The molecule has 1 amide bonds. The van der Waals surface area contributed by atoms with E-state index in [1.165, 1.54) is 0 Å². The fraction of sp³-hybridized carbons (Fsp3) is 0.188. The highest BCUT2D eigenvalue weighted by Crippen LogP contribution is 2.33. The van der Waals surface area contributed by atoms with E-state index in [1.807, 2.05) is 24.3 Å². The third-order valence-electron chi connectivity index (χ3n) is 3.11. The Balaban J connectivity index is 2.13. The van der Waals surface area contributed by atoms with Crippen molar-refractivity contribution < 1.29 is 9.35 Å². The number of hydrogen-bond donors (Lipinski definition) is 3. The van der Waals surface area contributed by atoms with Crippen LogP contribution in [-0.4, -0.2) is 22.8 Å². The quantitative estimate of drug-likeness (QED) is 0.492. The maximum Gasteiger partial charge on any atom is 0.224 e. The van der Waals surface area contributed by atoms with Crippen molar-refractivity contribution in [3.05, 3.63) is 58.1 Å². The number of hydrogen-bond acceptors (Lipinski definition) is 4. The zero-order valence-electron chi connectivity index (χ0n) is 12.2. The number of anilines is 2. The Morgan fingerprint density at radius 3 is 2.48 bits per heavy atom. The van der Waals surface area contributed by atoms with E-state index in [0.717, 1.165) is 11.3 Å². The molecule has 0 aliphatic rings. The van der Waals surface area contributed by atoms with Crippen LogP contribution in [0.25, 0.3) is 0 Å². The fourth-order valence-corrected chi connectivity index (χ4v) is 2.71. The molecule has 3 N–H and O–H groups in total. The van der Waals surface area contributed by atoms with Crippen molar-refractivity contribution in [3.8, 4) is 0 Å². The minimum atomic E-state index is -0.112. The Labute approximate surface area is 149 Å². The Hall–Kier alpha value is -1.40. The maximum atomic E-state index is 11.9. The minimum absolute atomic E-state index is 0.112. The second kappa shape index (κ2) is 9.03. The van der Waals surface area contributed by atoms with Crippen molar-refractivity contribution in [2.75, 3.05) is 17.6 Å². The standard InChI is InChI=1S/C16H16Cl2N2O2S/c17-12-5-3-6-13(18)16(12)20-14-7-2-1-4-11(14)10-15(21)19-8-9-23-22/h1-7,20,22H,8-10H2,(H,19,21). The maximum absolute atomic E-state index is 11.9. The Bertz CT molecular complexity index is 663. The van der Waals surface area contributed by atoms with Gasteiger partial charge in [0.25, 0.3) is 0 Å². The van der Waals surface area contributed by atoms with Gasteiger partial charge in [-0.1, -0.05) is 47.5 Å². The topological polar surface area (TPSA) is 61.4 Å². The Morgan fingerprint density at radius 2 is 1.78 bits per heavy atom. The summed E-state index contributed by atoms with van der Waals surface area (Å²) in [7, 11) is 0. The summed E-state index contributed by atoms with van der Waals surface area (Å²) < 4.78 is 8.66. The molecule has 0 spiro atoms. The molecular formula is C16H16Cl2N2O2S. The molecule has 2 aromatic carbocycles. The molecule has 7 heteroatoms. The summed E-state index contributed by atoms with van der Waals surface area (Å²) in [5.74, 6) is 0.347. The molecule has 0 saturated carbocycles. The van der Waals surface area contributed by atoms with Gasteiger partial charge < -0.3 is 15.2 Å². The summed E-state index contributed by atoms with van der Waals surface area (Å²) in [6.45, 7) is 0.423. The number of carbonyl (C=O) groups is 1. The Morgan fingerprint density at radius 1 is 1.09 bits per heavy atom. The molecule has 0 atom stereocenters. The number of nitrogens with one attached hydrogen (secondary N) is 2. The molecular weight excluding hydrogens is 355 g/mol. The molecule has 2 aromatic rings. The van der Waals surface area contributed by atoms with Crippen LogP contribution in [0.4, 0.5) is 11.4 Å². The van der Waals surface area contributed by atoms with Gasteiger partial charge in [-0.3, -0.25) is 4.79 Å². The monoisotopic (exact) mass is 370 g/mol. The van der Waals surface area contributed by atoms with E-state index in [1.54, 1.807) is 18.2 Å². The van der Waals surface area contributed by atoms with Gasteiger partial charge in [0.2, 0.25) is 5.91 Å². The van der Waals surface area contributed by atoms with Crippen LogP contribution in [0.5, 0.6) is 0 Å². The highest BCUT2D eigenvalue weighted by Gasteiger charge is 2.11. The molecule has 122 valence electrons. The van der Waals surface area contributed by atoms with Gasteiger partial charge in [0.05, 0.1) is 22.2 Å². The van der Waals surface area contributed by atoms with Gasteiger partial charge in [-0.25, -0.2) is 0 Å². The van der Waals surface area contributed by atoms with Crippen molar-refractivity contribution in [2.45, 2.75) is 6.42 Å². The third-order valence-corrected chi connectivity index (χ3v) is 4.12. The third kappa shape index (κ3) is 5.32. The lowest BCUT2D eigenvalue weighted by Gasteiger charge is -2.14. The molecule has 0 aromatic heterocycles. The zero-order chi connectivity index (χ0) is 16.7. The lowest BCUT2D eigenvalue weighted by atomic mass is 10.1. The molecule has 0 aliphatic carbocycles. The molecule has 2 rings (SSSR count). The smallest absolute Gasteiger partial charge is 0.224 e. The number of para-hydroxylation sites is 2. The average Bonchev–Trinajstić information content (AvgIpc) is 2.53. The lowest BCUT2D eigenvalue weighted by molar-refractivity contribution is -0.120. The highest BCUT2D eigenvalue weighted by molar-refractivity contribution is 7.93. The predicted molar refractivity (Wildman–Crippen MR) is 98.0 cm³/mol. The second-order valence-corrected chi connectivity index (χ2v) is 6.22. The van der Waals surface area contributed by atoms with Gasteiger partial charge in [0, 0.05) is 18.0 Å². The second-order valence-electron chi connectivity index (χ2n) is 4.74. The molecule has 0 radical (unpaired) electrons. The van der Waals surface area contributed by atoms with E-state index in [0.29, 0.717) is 40.1 Å². The van der Waals surface area contributed by atoms with Crippen molar-refractivity contribution in [1.82, 2.24) is 5.32 Å². The number of halogens is 2. The number of rotatable bonds is 7. The van der Waals surface area contributed by atoms with E-state index >= 15 is 0 Å². The van der Waals surface area contributed by atoms with Crippen LogP contribution in [0.15, 0.2) is 42.5 Å². The van der Waals surface area contributed by atoms with Crippen LogP contribution in [0.2, 0.25) is 10.0 Å². The molecule has 0 aliphatic heterocycles. The van der Waals surface area contributed by atoms with E-state index in [-0.39, 0.29) is 12.3 Å². The van der Waals surface area contributed by atoms with Gasteiger partial charge in [-0.15, -0.1) is 0 Å². The van der Waals surface area contributed by atoms with Crippen LogP contribution in [0, 0.1) is 0 Å². The van der Waals surface area contributed by atoms with E-state index in [2.05, 4.69) is 10.6 Å². The van der Waals surface area contributed by atoms with Crippen LogP contribution < -0.4 is 10.6 Å².